The molecule has 0 radical (unpaired) electrons. The van der Waals surface area contributed by atoms with Crippen molar-refractivity contribution < 1.29 is 14.3 Å². The van der Waals surface area contributed by atoms with E-state index in [0.717, 1.165) is 6.54 Å². The highest BCUT2D eigenvalue weighted by Crippen LogP contribution is 1.91. The number of ether oxygens (including phenoxy) is 2. The first kappa shape index (κ1) is 16.6. The molecule has 0 aliphatic rings. The molecule has 0 heterocycles. The van der Waals surface area contributed by atoms with Gasteiger partial charge in [0.05, 0.1) is 13.2 Å². The summed E-state index contributed by atoms with van der Waals surface area (Å²) in [5, 5.41) is 0. The fraction of sp³-hybridized carbons (Fsp3) is 0.727. The lowest BCUT2D eigenvalue weighted by Crippen LogP contribution is -2.19. The second kappa shape index (κ2) is 9.68. The van der Waals surface area contributed by atoms with Crippen molar-refractivity contribution >= 4 is 5.97 Å². The molecule has 0 aliphatic carbocycles. The van der Waals surface area contributed by atoms with Crippen LogP contribution in [-0.4, -0.2) is 51.3 Å². The van der Waals surface area contributed by atoms with Gasteiger partial charge >= 0.3 is 5.97 Å². The third kappa shape index (κ3) is 11.1. The van der Waals surface area contributed by atoms with E-state index in [1.165, 1.54) is 0 Å². The van der Waals surface area contributed by atoms with E-state index >= 15 is 0 Å². The zero-order valence-electron chi connectivity index (χ0n) is 9.21. The minimum atomic E-state index is -0.360. The molecule has 0 aromatic rings. The summed E-state index contributed by atoms with van der Waals surface area (Å²) in [7, 11) is 3.95. The molecule has 0 aromatic carbocycles. The van der Waals surface area contributed by atoms with Gasteiger partial charge in [-0.3, -0.25) is 0 Å². The second-order valence-electron chi connectivity index (χ2n) is 3.33. The fourth-order valence-corrected chi connectivity index (χ4v) is 0.666. The summed E-state index contributed by atoms with van der Waals surface area (Å²) in [6.45, 7) is 7.34. The van der Waals surface area contributed by atoms with E-state index in [1.807, 2.05) is 19.0 Å². The first-order valence-electron chi connectivity index (χ1n) is 4.59. The summed E-state index contributed by atoms with van der Waals surface area (Å²) in [4.78, 5) is 12.9. The Morgan fingerprint density at radius 2 is 1.87 bits per heavy atom. The Hall–Kier alpha value is -0.870. The van der Waals surface area contributed by atoms with Crippen molar-refractivity contribution in [1.82, 2.24) is 4.90 Å². The molecule has 4 heteroatoms. The lowest BCUT2D eigenvalue weighted by Gasteiger charge is -2.09. The molecule has 0 saturated heterocycles. The van der Waals surface area contributed by atoms with Gasteiger partial charge in [-0.25, -0.2) is 4.79 Å². The molecule has 0 spiro atoms. The number of likely N-dealkylation sites (N-methyl/N-ethyl adjacent to an activating group) is 1. The summed E-state index contributed by atoms with van der Waals surface area (Å²) < 4.78 is 10.1. The maximum absolute atomic E-state index is 10.9. The molecule has 0 N–H and O–H groups in total. The number of carbonyl (C=O) groups excluding carboxylic acids is 1. The number of carbonyl (C=O) groups is 1. The first-order chi connectivity index (χ1) is 6.54. The molecule has 4 nitrogen and oxygen atoms in total. The highest BCUT2D eigenvalue weighted by atomic mass is 16.6. The Balaban J connectivity index is 0. The standard InChI is InChI=1S/C10H19NO3.CH4/c1-9(2)10(12)14-8-7-13-6-5-11(3)4;/h1,5-8H2,2-4H3;1H4. The van der Waals surface area contributed by atoms with Gasteiger partial charge in [-0.05, 0) is 21.0 Å². The Morgan fingerprint density at radius 1 is 1.27 bits per heavy atom. The van der Waals surface area contributed by atoms with Gasteiger partial charge in [-0.2, -0.15) is 0 Å². The van der Waals surface area contributed by atoms with E-state index in [1.54, 1.807) is 6.92 Å². The second-order valence-corrected chi connectivity index (χ2v) is 3.33. The summed E-state index contributed by atoms with van der Waals surface area (Å²) in [6.07, 6.45) is 0. The molecule has 0 aromatic heterocycles. The lowest BCUT2D eigenvalue weighted by molar-refractivity contribution is -0.140. The third-order valence-corrected chi connectivity index (χ3v) is 1.49. The first-order valence-corrected chi connectivity index (χ1v) is 4.59. The molecule has 0 fully saturated rings. The zero-order chi connectivity index (χ0) is 11.0. The lowest BCUT2D eigenvalue weighted by atomic mass is 10.4. The van der Waals surface area contributed by atoms with Crippen LogP contribution in [0.4, 0.5) is 0 Å². The number of hydrogen-bond acceptors (Lipinski definition) is 4. The van der Waals surface area contributed by atoms with Gasteiger partial charge in [0.15, 0.2) is 0 Å². The quantitative estimate of drug-likeness (QED) is 0.366. The Labute approximate surface area is 92.9 Å². The van der Waals surface area contributed by atoms with Crippen LogP contribution < -0.4 is 0 Å². The largest absolute Gasteiger partial charge is 0.460 e. The highest BCUT2D eigenvalue weighted by Gasteiger charge is 2.01. The van der Waals surface area contributed by atoms with Crippen molar-refractivity contribution in [2.45, 2.75) is 14.4 Å². The smallest absolute Gasteiger partial charge is 0.333 e. The summed E-state index contributed by atoms with van der Waals surface area (Å²) in [6, 6.07) is 0. The average Bonchev–Trinajstić information content (AvgIpc) is 2.09. The van der Waals surface area contributed by atoms with Crippen molar-refractivity contribution in [2.24, 2.45) is 0 Å². The normalized spacial score (nSPS) is 9.60. The van der Waals surface area contributed by atoms with E-state index < -0.39 is 0 Å². The number of hydrogen-bond donors (Lipinski definition) is 0. The molecule has 0 rings (SSSR count). The van der Waals surface area contributed by atoms with Crippen molar-refractivity contribution in [2.75, 3.05) is 40.5 Å². The van der Waals surface area contributed by atoms with Gasteiger partial charge in [0.2, 0.25) is 0 Å². The molecule has 0 saturated carbocycles. The van der Waals surface area contributed by atoms with E-state index in [9.17, 15) is 4.79 Å². The van der Waals surface area contributed by atoms with Gasteiger partial charge in [0, 0.05) is 12.1 Å². The van der Waals surface area contributed by atoms with Crippen molar-refractivity contribution in [3.63, 3.8) is 0 Å². The number of rotatable bonds is 7. The molecule has 15 heavy (non-hydrogen) atoms. The van der Waals surface area contributed by atoms with E-state index in [2.05, 4.69) is 6.58 Å². The molecule has 0 bridgehead atoms. The van der Waals surface area contributed by atoms with E-state index in [0.29, 0.717) is 25.4 Å². The van der Waals surface area contributed by atoms with E-state index in [4.69, 9.17) is 9.47 Å². The van der Waals surface area contributed by atoms with Crippen LogP contribution >= 0.6 is 0 Å². The number of nitrogens with zero attached hydrogens (tertiary/aromatic N) is 1. The predicted molar refractivity (Wildman–Crippen MR) is 61.9 cm³/mol. The molecule has 0 amide bonds. The molecule has 0 atom stereocenters. The van der Waals surface area contributed by atoms with Gasteiger partial charge < -0.3 is 14.4 Å². The monoisotopic (exact) mass is 217 g/mol. The van der Waals surface area contributed by atoms with Crippen molar-refractivity contribution in [1.29, 1.82) is 0 Å². The Kier molecular flexibility index (Phi) is 10.7. The Morgan fingerprint density at radius 3 is 2.33 bits per heavy atom. The molecular formula is C11H23NO3. The third-order valence-electron chi connectivity index (χ3n) is 1.49. The van der Waals surface area contributed by atoms with Crippen LogP contribution in [0.15, 0.2) is 12.2 Å². The molecule has 90 valence electrons. The predicted octanol–water partition coefficient (Wildman–Crippen LogP) is 1.32. The molecular weight excluding hydrogens is 194 g/mol. The summed E-state index contributed by atoms with van der Waals surface area (Å²) in [5.74, 6) is -0.360. The minimum absolute atomic E-state index is 0. The average molecular weight is 217 g/mol. The maximum atomic E-state index is 10.9. The highest BCUT2D eigenvalue weighted by molar-refractivity contribution is 5.86. The van der Waals surface area contributed by atoms with Crippen LogP contribution in [0.25, 0.3) is 0 Å². The Bertz CT molecular complexity index is 190. The van der Waals surface area contributed by atoms with Crippen LogP contribution in [0.2, 0.25) is 0 Å². The van der Waals surface area contributed by atoms with Crippen LogP contribution in [-0.2, 0) is 14.3 Å². The van der Waals surface area contributed by atoms with Gasteiger partial charge in [-0.15, -0.1) is 0 Å². The van der Waals surface area contributed by atoms with Gasteiger partial charge in [0.1, 0.15) is 6.61 Å². The molecule has 0 aliphatic heterocycles. The molecule has 0 unspecified atom stereocenters. The summed E-state index contributed by atoms with van der Waals surface area (Å²) in [5.41, 5.74) is 0.415. The van der Waals surface area contributed by atoms with Crippen molar-refractivity contribution in [3.05, 3.63) is 12.2 Å². The zero-order valence-corrected chi connectivity index (χ0v) is 9.21. The fourth-order valence-electron chi connectivity index (χ4n) is 0.666. The summed E-state index contributed by atoms with van der Waals surface area (Å²) >= 11 is 0. The maximum Gasteiger partial charge on any atom is 0.333 e. The minimum Gasteiger partial charge on any atom is -0.460 e. The van der Waals surface area contributed by atoms with Crippen LogP contribution in [0, 0.1) is 0 Å². The topological polar surface area (TPSA) is 38.8 Å². The number of esters is 1. The van der Waals surface area contributed by atoms with Crippen LogP contribution in [0.5, 0.6) is 0 Å². The van der Waals surface area contributed by atoms with Crippen LogP contribution in [0.3, 0.4) is 0 Å². The van der Waals surface area contributed by atoms with Crippen LogP contribution in [0.1, 0.15) is 14.4 Å². The van der Waals surface area contributed by atoms with Gasteiger partial charge in [-0.1, -0.05) is 14.0 Å². The SMILES string of the molecule is C.C=C(C)C(=O)OCCOCCN(C)C. The van der Waals surface area contributed by atoms with E-state index in [-0.39, 0.29) is 13.4 Å². The van der Waals surface area contributed by atoms with Crippen molar-refractivity contribution in [3.8, 4) is 0 Å². The van der Waals surface area contributed by atoms with Gasteiger partial charge in [0.25, 0.3) is 0 Å².